The van der Waals surface area contributed by atoms with Crippen molar-refractivity contribution in [2.45, 2.75) is 32.3 Å². The second-order valence-electron chi connectivity index (χ2n) is 6.07. The largest absolute Gasteiger partial charge is 0.462 e. The molecule has 1 aromatic rings. The normalized spacial score (nSPS) is 29.0. The molecule has 3 rings (SSSR count). The maximum Gasteiger partial charge on any atom is 0.331 e. The van der Waals surface area contributed by atoms with Crippen molar-refractivity contribution in [1.29, 1.82) is 0 Å². The van der Waals surface area contributed by atoms with Gasteiger partial charge in [-0.2, -0.15) is 5.10 Å². The summed E-state index contributed by atoms with van der Waals surface area (Å²) >= 11 is 0. The lowest BCUT2D eigenvalue weighted by Gasteiger charge is -2.25. The highest BCUT2D eigenvalue weighted by atomic mass is 16.6. The Morgan fingerprint density at radius 2 is 2.29 bits per heavy atom. The van der Waals surface area contributed by atoms with Crippen LogP contribution in [-0.2, 0) is 16.6 Å². The molecule has 0 amide bonds. The summed E-state index contributed by atoms with van der Waals surface area (Å²) in [4.78, 5) is 24.2. The van der Waals surface area contributed by atoms with Crippen LogP contribution in [0, 0.1) is 15.5 Å². The van der Waals surface area contributed by atoms with E-state index in [1.165, 1.54) is 10.9 Å². The van der Waals surface area contributed by atoms with E-state index in [1.54, 1.807) is 7.05 Å². The van der Waals surface area contributed by atoms with E-state index in [1.807, 2.05) is 4.90 Å². The molecule has 0 radical (unpaired) electrons. The van der Waals surface area contributed by atoms with Gasteiger partial charge in [0.05, 0.1) is 11.3 Å². The van der Waals surface area contributed by atoms with Crippen molar-refractivity contribution >= 4 is 17.5 Å². The van der Waals surface area contributed by atoms with E-state index < -0.39 is 4.92 Å². The fraction of sp³-hybridized carbons (Fsp3) is 0.692. The molecule has 2 saturated heterocycles. The van der Waals surface area contributed by atoms with Gasteiger partial charge >= 0.3 is 11.7 Å². The first-order valence-corrected chi connectivity index (χ1v) is 7.01. The van der Waals surface area contributed by atoms with Gasteiger partial charge in [-0.1, -0.05) is 6.92 Å². The van der Waals surface area contributed by atoms with Gasteiger partial charge in [0.1, 0.15) is 12.3 Å². The zero-order valence-corrected chi connectivity index (χ0v) is 12.1. The molecule has 21 heavy (non-hydrogen) atoms. The summed E-state index contributed by atoms with van der Waals surface area (Å²) in [7, 11) is 1.70. The van der Waals surface area contributed by atoms with E-state index >= 15 is 0 Å². The van der Waals surface area contributed by atoms with Crippen molar-refractivity contribution in [3.05, 3.63) is 16.3 Å². The number of carbonyl (C=O) groups is 1. The maximum atomic E-state index is 11.5. The maximum absolute atomic E-state index is 11.5. The number of anilines is 1. The Balaban J connectivity index is 1.85. The minimum Gasteiger partial charge on any atom is -0.462 e. The summed E-state index contributed by atoms with van der Waals surface area (Å²) in [6, 6.07) is 0. The quantitative estimate of drug-likeness (QED) is 0.463. The summed E-state index contributed by atoms with van der Waals surface area (Å²) in [5.41, 5.74) is -0.147. The van der Waals surface area contributed by atoms with E-state index in [4.69, 9.17) is 4.74 Å². The average Bonchev–Trinajstić information content (AvgIpc) is 2.87. The summed E-state index contributed by atoms with van der Waals surface area (Å²) in [6.45, 7) is 3.33. The Bertz CT molecular complexity index is 599. The zero-order chi connectivity index (χ0) is 15.2. The van der Waals surface area contributed by atoms with Gasteiger partial charge in [0.15, 0.2) is 0 Å². The highest BCUT2D eigenvalue weighted by Crippen LogP contribution is 2.43. The lowest BCUT2D eigenvalue weighted by atomic mass is 9.79. The molecule has 0 aliphatic carbocycles. The van der Waals surface area contributed by atoms with Crippen molar-refractivity contribution in [2.75, 3.05) is 18.0 Å². The Kier molecular flexibility index (Phi) is 3.11. The topological polar surface area (TPSA) is 90.5 Å². The van der Waals surface area contributed by atoms with E-state index in [-0.39, 0.29) is 23.2 Å². The van der Waals surface area contributed by atoms with Crippen molar-refractivity contribution in [3.63, 3.8) is 0 Å². The molecule has 114 valence electrons. The third kappa shape index (κ3) is 2.24. The number of aromatic nitrogens is 2. The number of fused-ring (bicyclic) bond motifs is 1. The van der Waals surface area contributed by atoms with Gasteiger partial charge in [-0.15, -0.1) is 0 Å². The Labute approximate surface area is 121 Å². The Hall–Kier alpha value is -2.12. The molecule has 0 aromatic carbocycles. The van der Waals surface area contributed by atoms with Crippen LogP contribution in [-0.4, -0.2) is 39.9 Å². The highest BCUT2D eigenvalue weighted by molar-refractivity contribution is 5.73. The second-order valence-corrected chi connectivity index (χ2v) is 6.07. The minimum atomic E-state index is -0.407. The van der Waals surface area contributed by atoms with Crippen LogP contribution in [0.15, 0.2) is 6.20 Å². The Morgan fingerprint density at radius 3 is 3.00 bits per heavy atom. The predicted molar refractivity (Wildman–Crippen MR) is 73.9 cm³/mol. The summed E-state index contributed by atoms with van der Waals surface area (Å²) in [5, 5.41) is 15.1. The third-order valence-electron chi connectivity index (χ3n) is 4.60. The van der Waals surface area contributed by atoms with Crippen molar-refractivity contribution in [2.24, 2.45) is 12.5 Å². The number of ether oxygens (including phenoxy) is 1. The van der Waals surface area contributed by atoms with Crippen LogP contribution in [0.5, 0.6) is 0 Å². The summed E-state index contributed by atoms with van der Waals surface area (Å²) < 4.78 is 6.94. The molecule has 2 atom stereocenters. The molecule has 2 aliphatic heterocycles. The van der Waals surface area contributed by atoms with E-state index in [9.17, 15) is 14.9 Å². The van der Waals surface area contributed by atoms with Gasteiger partial charge in [-0.25, -0.2) is 4.68 Å². The number of nitro groups is 1. The van der Waals surface area contributed by atoms with Gasteiger partial charge < -0.3 is 9.64 Å². The molecule has 0 unspecified atom stereocenters. The fourth-order valence-corrected chi connectivity index (χ4v) is 3.34. The van der Waals surface area contributed by atoms with Crippen LogP contribution in [0.2, 0.25) is 0 Å². The monoisotopic (exact) mass is 294 g/mol. The molecule has 0 bridgehead atoms. The number of hydrogen-bond acceptors (Lipinski definition) is 6. The first-order valence-electron chi connectivity index (χ1n) is 7.01. The van der Waals surface area contributed by atoms with Crippen molar-refractivity contribution < 1.29 is 14.5 Å². The van der Waals surface area contributed by atoms with Crippen LogP contribution in [0.25, 0.3) is 0 Å². The molecule has 8 nitrogen and oxygen atoms in total. The number of hydrogen-bond donors (Lipinski definition) is 0. The fourth-order valence-electron chi connectivity index (χ4n) is 3.34. The SMILES string of the molecule is Cn1ncc([N+](=O)[O-])c1N1CC[C@@H]2OC(=O)C[C@]2(C)CC1. The molecule has 0 N–H and O–H groups in total. The van der Waals surface area contributed by atoms with Crippen LogP contribution in [0.1, 0.15) is 26.2 Å². The number of esters is 1. The molecule has 0 saturated carbocycles. The standard InChI is InChI=1S/C13H18N4O4/c1-13-4-6-16(5-3-10(13)21-11(18)7-13)12-9(17(19)20)8-14-15(12)2/h8,10H,3-7H2,1-2H3/t10-,13-/m0/s1. The van der Waals surface area contributed by atoms with Gasteiger partial charge in [-0.3, -0.25) is 14.9 Å². The van der Waals surface area contributed by atoms with E-state index in [2.05, 4.69) is 12.0 Å². The number of rotatable bonds is 2. The first-order chi connectivity index (χ1) is 9.90. The molecular weight excluding hydrogens is 276 g/mol. The summed E-state index contributed by atoms with van der Waals surface area (Å²) in [6.07, 6.45) is 3.07. The molecule has 0 spiro atoms. The van der Waals surface area contributed by atoms with Crippen LogP contribution < -0.4 is 4.90 Å². The number of carbonyl (C=O) groups excluding carboxylic acids is 1. The molecule has 8 heteroatoms. The molecule has 1 aromatic heterocycles. The van der Waals surface area contributed by atoms with Gasteiger partial charge in [0, 0.05) is 32.0 Å². The van der Waals surface area contributed by atoms with Crippen LogP contribution >= 0.6 is 0 Å². The smallest absolute Gasteiger partial charge is 0.331 e. The number of aryl methyl sites for hydroxylation is 1. The van der Waals surface area contributed by atoms with E-state index in [0.29, 0.717) is 31.7 Å². The Morgan fingerprint density at radius 1 is 1.52 bits per heavy atom. The molecular formula is C13H18N4O4. The van der Waals surface area contributed by atoms with Crippen LogP contribution in [0.4, 0.5) is 11.5 Å². The average molecular weight is 294 g/mol. The van der Waals surface area contributed by atoms with Gasteiger partial charge in [0.2, 0.25) is 5.82 Å². The molecule has 3 heterocycles. The number of nitrogens with zero attached hydrogens (tertiary/aromatic N) is 4. The molecule has 2 fully saturated rings. The lowest BCUT2D eigenvalue weighted by Crippen LogP contribution is -2.28. The van der Waals surface area contributed by atoms with Gasteiger partial charge in [-0.05, 0) is 6.42 Å². The summed E-state index contributed by atoms with van der Waals surface area (Å²) in [5.74, 6) is 0.386. The molecule has 2 aliphatic rings. The minimum absolute atomic E-state index is 0.0201. The van der Waals surface area contributed by atoms with Crippen LogP contribution in [0.3, 0.4) is 0 Å². The first kappa shape index (κ1) is 13.8. The predicted octanol–water partition coefficient (Wildman–Crippen LogP) is 1.25. The highest BCUT2D eigenvalue weighted by Gasteiger charge is 2.47. The van der Waals surface area contributed by atoms with Crippen molar-refractivity contribution in [3.8, 4) is 0 Å². The third-order valence-corrected chi connectivity index (χ3v) is 4.60. The van der Waals surface area contributed by atoms with Gasteiger partial charge in [0.25, 0.3) is 0 Å². The lowest BCUT2D eigenvalue weighted by molar-refractivity contribution is -0.384. The second kappa shape index (κ2) is 4.71. The van der Waals surface area contributed by atoms with E-state index in [0.717, 1.165) is 6.42 Å². The van der Waals surface area contributed by atoms with Crippen molar-refractivity contribution in [1.82, 2.24) is 9.78 Å². The zero-order valence-electron chi connectivity index (χ0n) is 12.1.